The second-order valence-corrected chi connectivity index (χ2v) is 7.29. The first kappa shape index (κ1) is 19.9. The van der Waals surface area contributed by atoms with Crippen LogP contribution in [0.25, 0.3) is 0 Å². The quantitative estimate of drug-likeness (QED) is 0.778. The lowest BCUT2D eigenvalue weighted by atomic mass is 9.77. The van der Waals surface area contributed by atoms with Gasteiger partial charge >= 0.3 is 6.03 Å². The van der Waals surface area contributed by atoms with Gasteiger partial charge in [-0.1, -0.05) is 42.0 Å². The molecule has 1 heterocycles. The number of aromatic nitrogens is 1. The van der Waals surface area contributed by atoms with E-state index in [0.717, 1.165) is 24.8 Å². The van der Waals surface area contributed by atoms with Crippen molar-refractivity contribution >= 4 is 11.8 Å². The number of carbonyl (C=O) groups is 1. The first-order chi connectivity index (χ1) is 13.5. The third kappa shape index (κ3) is 3.87. The number of rotatable bonds is 6. The van der Waals surface area contributed by atoms with Gasteiger partial charge in [0, 0.05) is 6.20 Å². The Morgan fingerprint density at radius 3 is 2.61 bits per heavy atom. The Hall–Kier alpha value is -2.86. The Balaban J connectivity index is 1.98. The van der Waals surface area contributed by atoms with Crippen LogP contribution in [0.2, 0.25) is 0 Å². The van der Waals surface area contributed by atoms with Crippen LogP contribution in [0.15, 0.2) is 60.3 Å². The third-order valence-corrected chi connectivity index (χ3v) is 5.42. The fourth-order valence-electron chi connectivity index (χ4n) is 3.96. The molecule has 1 aliphatic rings. The molecule has 0 aliphatic heterocycles. The molecule has 0 radical (unpaired) electrons. The number of likely N-dealkylation sites (N-methyl/N-ethyl adjacent to an activating group) is 1. The predicted molar refractivity (Wildman–Crippen MR) is 111 cm³/mol. The van der Waals surface area contributed by atoms with Gasteiger partial charge in [0.05, 0.1) is 19.2 Å². The molecule has 0 saturated heterocycles. The Morgan fingerprint density at radius 1 is 1.21 bits per heavy atom. The van der Waals surface area contributed by atoms with E-state index in [2.05, 4.69) is 54.3 Å². The number of primary amides is 1. The first-order valence-corrected chi connectivity index (χ1v) is 9.47. The zero-order valence-corrected chi connectivity index (χ0v) is 16.8. The molecule has 1 atom stereocenters. The van der Waals surface area contributed by atoms with Crippen molar-refractivity contribution < 1.29 is 9.53 Å². The monoisotopic (exact) mass is 380 g/mol. The third-order valence-electron chi connectivity index (χ3n) is 5.42. The number of pyridine rings is 1. The standard InChI is InChI=1S/C22H28N4O2/c1-25(2)22(18-10-5-4-6-11-18)13-7-9-17(15-22)16-26(21(23)27)20-19(28-3)12-8-14-24-20/h4-6,8,10-12,14-15H,7,9,13,16H2,1-3H3,(H2,23,27). The Labute approximate surface area is 166 Å². The fourth-order valence-corrected chi connectivity index (χ4v) is 3.96. The van der Waals surface area contributed by atoms with Crippen LogP contribution in [0.5, 0.6) is 5.75 Å². The summed E-state index contributed by atoms with van der Waals surface area (Å²) < 4.78 is 5.37. The number of benzene rings is 1. The molecule has 148 valence electrons. The molecular weight excluding hydrogens is 352 g/mol. The number of nitrogens with zero attached hydrogens (tertiary/aromatic N) is 3. The highest BCUT2D eigenvalue weighted by atomic mass is 16.5. The van der Waals surface area contributed by atoms with Gasteiger partial charge in [0.2, 0.25) is 0 Å². The number of methoxy groups -OCH3 is 1. The minimum absolute atomic E-state index is 0.202. The first-order valence-electron chi connectivity index (χ1n) is 9.47. The highest BCUT2D eigenvalue weighted by molar-refractivity contribution is 5.91. The van der Waals surface area contributed by atoms with Crippen LogP contribution < -0.4 is 15.4 Å². The molecule has 0 bridgehead atoms. The van der Waals surface area contributed by atoms with Gasteiger partial charge in [-0.2, -0.15) is 0 Å². The lowest BCUT2D eigenvalue weighted by Crippen LogP contribution is -2.43. The highest BCUT2D eigenvalue weighted by Crippen LogP contribution is 2.39. The van der Waals surface area contributed by atoms with E-state index < -0.39 is 6.03 Å². The molecule has 0 spiro atoms. The van der Waals surface area contributed by atoms with Crippen LogP contribution in [-0.2, 0) is 5.54 Å². The van der Waals surface area contributed by atoms with Crippen molar-refractivity contribution in [3.63, 3.8) is 0 Å². The van der Waals surface area contributed by atoms with E-state index in [-0.39, 0.29) is 5.54 Å². The van der Waals surface area contributed by atoms with E-state index in [0.29, 0.717) is 18.1 Å². The molecule has 3 rings (SSSR count). The summed E-state index contributed by atoms with van der Waals surface area (Å²) in [7, 11) is 5.76. The molecule has 2 N–H and O–H groups in total. The molecule has 2 aromatic rings. The predicted octanol–water partition coefficient (Wildman–Crippen LogP) is 3.54. The number of urea groups is 1. The number of amides is 2. The van der Waals surface area contributed by atoms with Crippen LogP contribution in [0, 0.1) is 0 Å². The number of hydrogen-bond acceptors (Lipinski definition) is 4. The normalized spacial score (nSPS) is 19.2. The van der Waals surface area contributed by atoms with Crippen LogP contribution in [0.1, 0.15) is 24.8 Å². The summed E-state index contributed by atoms with van der Waals surface area (Å²) >= 11 is 0. The summed E-state index contributed by atoms with van der Waals surface area (Å²) in [6.45, 7) is 0.394. The molecule has 6 nitrogen and oxygen atoms in total. The lowest BCUT2D eigenvalue weighted by Gasteiger charge is -2.42. The zero-order valence-electron chi connectivity index (χ0n) is 16.8. The van der Waals surface area contributed by atoms with Crippen molar-refractivity contribution in [3.8, 4) is 5.75 Å². The molecule has 1 aromatic heterocycles. The largest absolute Gasteiger partial charge is 0.493 e. The van der Waals surface area contributed by atoms with E-state index in [9.17, 15) is 4.79 Å². The molecule has 1 unspecified atom stereocenters. The summed E-state index contributed by atoms with van der Waals surface area (Å²) in [5, 5.41) is 0. The second kappa shape index (κ2) is 8.44. The minimum atomic E-state index is -0.543. The maximum atomic E-state index is 12.2. The van der Waals surface area contributed by atoms with Crippen LogP contribution in [0.4, 0.5) is 10.6 Å². The molecule has 0 saturated carbocycles. The number of nitrogens with two attached hydrogens (primary N) is 1. The number of ether oxygens (including phenoxy) is 1. The molecule has 6 heteroatoms. The van der Waals surface area contributed by atoms with Crippen molar-refractivity contribution in [2.45, 2.75) is 24.8 Å². The smallest absolute Gasteiger partial charge is 0.320 e. The van der Waals surface area contributed by atoms with Gasteiger partial charge in [-0.3, -0.25) is 9.80 Å². The van der Waals surface area contributed by atoms with Gasteiger partial charge in [0.25, 0.3) is 0 Å². The number of hydrogen-bond donors (Lipinski definition) is 1. The van der Waals surface area contributed by atoms with Crippen LogP contribution >= 0.6 is 0 Å². The molecule has 0 fully saturated rings. The Morgan fingerprint density at radius 2 is 1.96 bits per heavy atom. The molecule has 28 heavy (non-hydrogen) atoms. The van der Waals surface area contributed by atoms with Gasteiger partial charge in [0.15, 0.2) is 11.6 Å². The van der Waals surface area contributed by atoms with Gasteiger partial charge in [0.1, 0.15) is 0 Å². The van der Waals surface area contributed by atoms with E-state index in [1.807, 2.05) is 6.07 Å². The fraction of sp³-hybridized carbons (Fsp3) is 0.364. The molecule has 2 amide bonds. The van der Waals surface area contributed by atoms with Gasteiger partial charge in [-0.15, -0.1) is 0 Å². The summed E-state index contributed by atoms with van der Waals surface area (Å²) in [4.78, 5) is 20.3. The Bertz CT molecular complexity index is 851. The maximum Gasteiger partial charge on any atom is 0.320 e. The average molecular weight is 380 g/mol. The van der Waals surface area contributed by atoms with Crippen molar-refractivity contribution in [2.75, 3.05) is 32.6 Å². The molecule has 1 aromatic carbocycles. The number of carbonyl (C=O) groups excluding carboxylic acids is 1. The van der Waals surface area contributed by atoms with Crippen molar-refractivity contribution in [3.05, 3.63) is 65.9 Å². The van der Waals surface area contributed by atoms with Crippen molar-refractivity contribution in [2.24, 2.45) is 5.73 Å². The van der Waals surface area contributed by atoms with Gasteiger partial charge in [-0.05, 0) is 51.1 Å². The van der Waals surface area contributed by atoms with Crippen LogP contribution in [0.3, 0.4) is 0 Å². The van der Waals surface area contributed by atoms with Crippen molar-refractivity contribution in [1.29, 1.82) is 0 Å². The maximum absolute atomic E-state index is 12.2. The average Bonchev–Trinajstić information content (AvgIpc) is 2.72. The summed E-state index contributed by atoms with van der Waals surface area (Å²) in [6.07, 6.45) is 6.90. The topological polar surface area (TPSA) is 71.7 Å². The second-order valence-electron chi connectivity index (χ2n) is 7.29. The highest BCUT2D eigenvalue weighted by Gasteiger charge is 2.35. The minimum Gasteiger partial charge on any atom is -0.493 e. The van der Waals surface area contributed by atoms with Gasteiger partial charge < -0.3 is 10.5 Å². The van der Waals surface area contributed by atoms with Crippen molar-refractivity contribution in [1.82, 2.24) is 9.88 Å². The summed E-state index contributed by atoms with van der Waals surface area (Å²) in [6, 6.07) is 13.5. The Kier molecular flexibility index (Phi) is 5.99. The van der Waals surface area contributed by atoms with E-state index in [1.165, 1.54) is 10.5 Å². The zero-order chi connectivity index (χ0) is 20.1. The van der Waals surface area contributed by atoms with E-state index in [4.69, 9.17) is 10.5 Å². The SMILES string of the molecule is COc1cccnc1N(CC1=CC(c2ccccc2)(N(C)C)CCC1)C(N)=O. The van der Waals surface area contributed by atoms with E-state index in [1.54, 1.807) is 25.4 Å². The lowest BCUT2D eigenvalue weighted by molar-refractivity contribution is 0.182. The van der Waals surface area contributed by atoms with Crippen LogP contribution in [-0.4, -0.2) is 43.7 Å². The summed E-state index contributed by atoms with van der Waals surface area (Å²) in [5.41, 5.74) is 7.91. The van der Waals surface area contributed by atoms with Gasteiger partial charge in [-0.25, -0.2) is 9.78 Å². The molecule has 1 aliphatic carbocycles. The summed E-state index contributed by atoms with van der Waals surface area (Å²) in [5.74, 6) is 0.971. The number of anilines is 1. The molecular formula is C22H28N4O2. The van der Waals surface area contributed by atoms with E-state index >= 15 is 0 Å².